The van der Waals surface area contributed by atoms with Gasteiger partial charge in [0.05, 0.1) is 17.0 Å². The highest BCUT2D eigenvalue weighted by Gasteiger charge is 2.37. The Kier molecular flexibility index (Phi) is 10.6. The summed E-state index contributed by atoms with van der Waals surface area (Å²) in [6.07, 6.45) is 3.68. The number of rotatable bonds is 6. The van der Waals surface area contributed by atoms with Crippen molar-refractivity contribution in [1.29, 1.82) is 0 Å². The van der Waals surface area contributed by atoms with Crippen molar-refractivity contribution in [3.63, 3.8) is 0 Å². The summed E-state index contributed by atoms with van der Waals surface area (Å²) in [5.74, 6) is 15.8. The first-order chi connectivity index (χ1) is 30.2. The summed E-state index contributed by atoms with van der Waals surface area (Å²) >= 11 is 0. The maximum Gasteiger partial charge on any atom is 0.107 e. The zero-order chi connectivity index (χ0) is 42.8. The van der Waals surface area contributed by atoms with Crippen molar-refractivity contribution in [3.05, 3.63) is 266 Å². The average Bonchev–Trinajstić information content (AvgIpc) is 3.63. The first-order valence-electron chi connectivity index (χ1n) is 21.3. The second kappa shape index (κ2) is 16.5. The molecule has 0 amide bonds. The molecule has 1 aliphatic rings. The maximum absolute atomic E-state index is 4.89. The Morgan fingerprint density at radius 2 is 0.581 bits per heavy atom. The summed E-state index contributed by atoms with van der Waals surface area (Å²) in [7, 11) is 0. The van der Waals surface area contributed by atoms with Crippen LogP contribution in [0, 0.1) is 65.2 Å². The van der Waals surface area contributed by atoms with E-state index in [9.17, 15) is 0 Å². The molecule has 298 valence electrons. The Bertz CT molecular complexity index is 2640. The van der Waals surface area contributed by atoms with Gasteiger partial charge in [-0.25, -0.2) is 0 Å². The fourth-order valence-corrected chi connectivity index (χ4v) is 8.73. The minimum Gasteiger partial charge on any atom is -0.254 e. The number of fused-ring (bicyclic) bond motifs is 3. The van der Waals surface area contributed by atoms with Gasteiger partial charge in [0.1, 0.15) is 10.8 Å². The first-order valence-corrected chi connectivity index (χ1v) is 21.3. The molecule has 0 spiro atoms. The van der Waals surface area contributed by atoms with Gasteiger partial charge in [0, 0.05) is 29.1 Å². The quantitative estimate of drug-likeness (QED) is 0.124. The molecule has 0 bridgehead atoms. The van der Waals surface area contributed by atoms with Crippen LogP contribution in [-0.2, 0) is 10.8 Å². The monoisotopic (exact) mass is 796 g/mol. The van der Waals surface area contributed by atoms with E-state index in [2.05, 4.69) is 223 Å². The van der Waals surface area contributed by atoms with E-state index in [1.165, 1.54) is 33.4 Å². The Hall–Kier alpha value is -7.52. The van der Waals surface area contributed by atoms with E-state index in [4.69, 9.17) is 9.97 Å². The largest absolute Gasteiger partial charge is 0.254 e. The maximum atomic E-state index is 4.89. The normalized spacial score (nSPS) is 11.7. The predicted molar refractivity (Wildman–Crippen MR) is 256 cm³/mol. The van der Waals surface area contributed by atoms with E-state index < -0.39 is 10.8 Å². The molecule has 2 heterocycles. The molecular weight excluding hydrogens is 749 g/mol. The van der Waals surface area contributed by atoms with E-state index in [0.29, 0.717) is 5.57 Å². The fraction of sp³-hybridized carbons (Fsp3) is 0.133. The van der Waals surface area contributed by atoms with Gasteiger partial charge in [0.25, 0.3) is 0 Å². The molecule has 62 heavy (non-hydrogen) atoms. The molecule has 9 rings (SSSR count). The Morgan fingerprint density at radius 1 is 0.339 bits per heavy atom. The third-order valence-corrected chi connectivity index (χ3v) is 12.3. The van der Waals surface area contributed by atoms with Gasteiger partial charge in [0.2, 0.25) is 0 Å². The highest BCUT2D eigenvalue weighted by atomic mass is 14.8. The molecule has 1 aliphatic carbocycles. The lowest BCUT2D eigenvalue weighted by atomic mass is 9.69. The molecule has 2 heteroatoms. The summed E-state index contributed by atoms with van der Waals surface area (Å²) in [6.45, 7) is 12.8. The number of nitrogens with zero attached hydrogens (tertiary/aromatic N) is 2. The van der Waals surface area contributed by atoms with Crippen molar-refractivity contribution in [3.8, 4) is 35.1 Å². The molecule has 0 unspecified atom stereocenters. The van der Waals surface area contributed by atoms with E-state index in [-0.39, 0.29) is 0 Å². The topological polar surface area (TPSA) is 25.8 Å². The van der Waals surface area contributed by atoms with Gasteiger partial charge >= 0.3 is 0 Å². The SMILES string of the molecule is Cc1ccc(C(C#CC(C#CC(c2ccc(C)cc2)(c2ccc(C)cc2)c2ccc(C)cc2)=C2c3cccnc3-c3ncccc32)(c2ccc(C)cc2)c2ccc(C)cc2)cc1. The van der Waals surface area contributed by atoms with Gasteiger partial charge in [-0.05, 0) is 87.1 Å². The number of aryl methyl sites for hydroxylation is 6. The van der Waals surface area contributed by atoms with Crippen LogP contribution in [0.5, 0.6) is 0 Å². The molecule has 0 fully saturated rings. The average molecular weight is 797 g/mol. The zero-order valence-electron chi connectivity index (χ0n) is 36.2. The minimum atomic E-state index is -0.849. The smallest absolute Gasteiger partial charge is 0.107 e. The zero-order valence-corrected chi connectivity index (χ0v) is 36.2. The van der Waals surface area contributed by atoms with Crippen LogP contribution < -0.4 is 0 Å². The molecular formula is C60H48N2. The predicted octanol–water partition coefficient (Wildman–Crippen LogP) is 13.2. The number of allylic oxidation sites excluding steroid dienone is 1. The van der Waals surface area contributed by atoms with E-state index in [0.717, 1.165) is 61.5 Å². The Balaban J connectivity index is 1.42. The van der Waals surface area contributed by atoms with Crippen molar-refractivity contribution in [2.24, 2.45) is 0 Å². The van der Waals surface area contributed by atoms with Crippen molar-refractivity contribution in [2.45, 2.75) is 52.4 Å². The van der Waals surface area contributed by atoms with Crippen LogP contribution in [0.15, 0.2) is 188 Å². The van der Waals surface area contributed by atoms with Gasteiger partial charge in [-0.3, -0.25) is 9.97 Å². The van der Waals surface area contributed by atoms with Crippen LogP contribution in [-0.4, -0.2) is 9.97 Å². The third-order valence-electron chi connectivity index (χ3n) is 12.3. The lowest BCUT2D eigenvalue weighted by molar-refractivity contribution is 0.806. The van der Waals surface area contributed by atoms with Gasteiger partial charge in [0.15, 0.2) is 0 Å². The summed E-state index contributed by atoms with van der Waals surface area (Å²) in [5.41, 5.74) is 17.2. The van der Waals surface area contributed by atoms with Gasteiger partial charge < -0.3 is 0 Å². The highest BCUT2D eigenvalue weighted by Crippen LogP contribution is 2.45. The molecule has 0 atom stereocenters. The molecule has 6 aromatic carbocycles. The molecule has 8 aromatic rings. The molecule has 0 N–H and O–H groups in total. The van der Waals surface area contributed by atoms with E-state index in [1.54, 1.807) is 0 Å². The first kappa shape index (κ1) is 39.9. The summed E-state index contributed by atoms with van der Waals surface area (Å²) in [4.78, 5) is 9.79. The van der Waals surface area contributed by atoms with Gasteiger partial charge in [-0.1, -0.05) is 215 Å². The molecule has 0 aliphatic heterocycles. The van der Waals surface area contributed by atoms with Crippen LogP contribution in [0.1, 0.15) is 77.9 Å². The molecule has 0 saturated carbocycles. The second-order valence-electron chi connectivity index (χ2n) is 16.7. The van der Waals surface area contributed by atoms with Gasteiger partial charge in [-0.15, -0.1) is 0 Å². The lowest BCUT2D eigenvalue weighted by Crippen LogP contribution is -2.28. The van der Waals surface area contributed by atoms with Crippen molar-refractivity contribution < 1.29 is 0 Å². The van der Waals surface area contributed by atoms with E-state index in [1.807, 2.05) is 24.5 Å². The Labute approximate surface area is 367 Å². The van der Waals surface area contributed by atoms with E-state index >= 15 is 0 Å². The highest BCUT2D eigenvalue weighted by molar-refractivity contribution is 6.02. The lowest BCUT2D eigenvalue weighted by Gasteiger charge is -2.32. The number of hydrogen-bond acceptors (Lipinski definition) is 2. The molecule has 2 nitrogen and oxygen atoms in total. The standard InChI is InChI=1S/C60H48N2/c1-41-11-23-48(24-12-41)59(49-25-13-42(2)14-26-49,50-27-15-43(3)16-28-50)37-35-47(56-54-9-7-39-61-57(54)58-55(56)10-8-40-62-58)36-38-60(51-29-17-44(4)18-30-51,52-31-19-45(5)20-32-52)53-33-21-46(6)22-34-53/h7-34,39-40H,1-6H3. The van der Waals surface area contributed by atoms with Crippen molar-refractivity contribution >= 4 is 5.57 Å². The third kappa shape index (κ3) is 7.25. The molecule has 0 saturated heterocycles. The summed E-state index contributed by atoms with van der Waals surface area (Å²) < 4.78 is 0. The number of benzene rings is 6. The Morgan fingerprint density at radius 3 is 0.823 bits per heavy atom. The van der Waals surface area contributed by atoms with Crippen molar-refractivity contribution in [1.82, 2.24) is 9.97 Å². The molecule has 2 aromatic heterocycles. The fourth-order valence-electron chi connectivity index (χ4n) is 8.73. The number of pyridine rings is 2. The van der Waals surface area contributed by atoms with Gasteiger partial charge in [-0.2, -0.15) is 0 Å². The number of aromatic nitrogens is 2. The van der Waals surface area contributed by atoms with Crippen LogP contribution >= 0.6 is 0 Å². The van der Waals surface area contributed by atoms with Crippen LogP contribution in [0.2, 0.25) is 0 Å². The number of hydrogen-bond donors (Lipinski definition) is 0. The summed E-state index contributed by atoms with van der Waals surface area (Å²) in [6, 6.07) is 61.3. The van der Waals surface area contributed by atoms with Crippen LogP contribution in [0.4, 0.5) is 0 Å². The molecule has 0 radical (unpaired) electrons. The van der Waals surface area contributed by atoms with Crippen molar-refractivity contribution in [2.75, 3.05) is 0 Å². The van der Waals surface area contributed by atoms with Crippen LogP contribution in [0.3, 0.4) is 0 Å². The second-order valence-corrected chi connectivity index (χ2v) is 16.7. The summed E-state index contributed by atoms with van der Waals surface area (Å²) in [5, 5.41) is 0. The van der Waals surface area contributed by atoms with Crippen LogP contribution in [0.25, 0.3) is 17.0 Å². The minimum absolute atomic E-state index is 0.706.